The van der Waals surface area contributed by atoms with Gasteiger partial charge in [0.25, 0.3) is 0 Å². The molecule has 1 rings (SSSR count). The lowest BCUT2D eigenvalue weighted by Gasteiger charge is -2.29. The first-order valence-corrected chi connectivity index (χ1v) is 6.24. The van der Waals surface area contributed by atoms with E-state index in [1.165, 1.54) is 0 Å². The summed E-state index contributed by atoms with van der Waals surface area (Å²) in [4.78, 5) is 0. The Morgan fingerprint density at radius 2 is 2.23 bits per heavy atom. The summed E-state index contributed by atoms with van der Waals surface area (Å²) in [5.41, 5.74) is 0. The molecule has 6 heteroatoms. The van der Waals surface area contributed by atoms with Gasteiger partial charge in [0.15, 0.2) is 0 Å². The molecule has 0 aromatic rings. The predicted molar refractivity (Wildman–Crippen MR) is 51.3 cm³/mol. The van der Waals surface area contributed by atoms with E-state index in [-0.39, 0.29) is 0 Å². The molecule has 1 unspecified atom stereocenters. The summed E-state index contributed by atoms with van der Waals surface area (Å²) in [5.74, 6) is 0. The molecule has 0 aliphatic carbocycles. The minimum atomic E-state index is -1.04. The standard InChI is InChI=1S/C7H12ClN2O2P/c8-13(12-5-1-2-9)10-3-6-11-7-4-10/h1,3-7H2. The van der Waals surface area contributed by atoms with Crippen molar-refractivity contribution in [3.63, 3.8) is 0 Å². The smallest absolute Gasteiger partial charge is 0.206 e. The van der Waals surface area contributed by atoms with Crippen LogP contribution in [0.3, 0.4) is 0 Å². The topological polar surface area (TPSA) is 45.5 Å². The van der Waals surface area contributed by atoms with E-state index in [4.69, 9.17) is 25.8 Å². The Balaban J connectivity index is 2.14. The van der Waals surface area contributed by atoms with Crippen molar-refractivity contribution in [1.82, 2.24) is 4.67 Å². The highest BCUT2D eigenvalue weighted by Gasteiger charge is 2.19. The van der Waals surface area contributed by atoms with Gasteiger partial charge in [-0.15, -0.1) is 0 Å². The van der Waals surface area contributed by atoms with Crippen LogP contribution in [0.15, 0.2) is 0 Å². The number of morpholine rings is 1. The van der Waals surface area contributed by atoms with Crippen LogP contribution in [0.5, 0.6) is 0 Å². The second-order valence-electron chi connectivity index (χ2n) is 2.53. The number of hydrogen-bond donors (Lipinski definition) is 0. The Morgan fingerprint density at radius 1 is 1.54 bits per heavy atom. The number of nitrogens with zero attached hydrogens (tertiary/aromatic N) is 2. The summed E-state index contributed by atoms with van der Waals surface area (Å²) in [6.07, 6.45) is 0.399. The molecule has 0 aromatic carbocycles. The maximum Gasteiger partial charge on any atom is 0.206 e. The molecule has 74 valence electrons. The largest absolute Gasteiger partial charge is 0.379 e. The zero-order valence-corrected chi connectivity index (χ0v) is 8.93. The van der Waals surface area contributed by atoms with Crippen LogP contribution in [-0.2, 0) is 9.26 Å². The van der Waals surface area contributed by atoms with E-state index in [0.29, 0.717) is 26.2 Å². The molecule has 1 atom stereocenters. The van der Waals surface area contributed by atoms with Gasteiger partial charge in [0.05, 0.1) is 32.3 Å². The summed E-state index contributed by atoms with van der Waals surface area (Å²) in [6, 6.07) is 2.01. The van der Waals surface area contributed by atoms with Gasteiger partial charge >= 0.3 is 0 Å². The molecule has 0 amide bonds. The van der Waals surface area contributed by atoms with Crippen molar-refractivity contribution in [2.24, 2.45) is 0 Å². The van der Waals surface area contributed by atoms with E-state index in [0.717, 1.165) is 13.1 Å². The highest BCUT2D eigenvalue weighted by atomic mass is 35.7. The van der Waals surface area contributed by atoms with Gasteiger partial charge in [0, 0.05) is 13.1 Å². The van der Waals surface area contributed by atoms with E-state index in [9.17, 15) is 0 Å². The normalized spacial score (nSPS) is 20.9. The van der Waals surface area contributed by atoms with Crippen LogP contribution in [0.2, 0.25) is 0 Å². The van der Waals surface area contributed by atoms with E-state index in [1.807, 2.05) is 6.07 Å². The number of halogens is 1. The number of hydrogen-bond acceptors (Lipinski definition) is 4. The predicted octanol–water partition coefficient (Wildman–Crippen LogP) is 1.71. The molecule has 1 aliphatic rings. The molecule has 0 bridgehead atoms. The molecular formula is C7H12ClN2O2P. The fraction of sp³-hybridized carbons (Fsp3) is 0.857. The first-order valence-electron chi connectivity index (χ1n) is 4.13. The molecule has 1 aliphatic heterocycles. The Bertz CT molecular complexity index is 182. The molecule has 0 N–H and O–H groups in total. The van der Waals surface area contributed by atoms with E-state index in [1.54, 1.807) is 0 Å². The summed E-state index contributed by atoms with van der Waals surface area (Å²) in [6.45, 7) is 3.49. The summed E-state index contributed by atoms with van der Waals surface area (Å²) >= 11 is 6.00. The summed E-state index contributed by atoms with van der Waals surface area (Å²) < 4.78 is 12.5. The van der Waals surface area contributed by atoms with Gasteiger partial charge in [-0.25, -0.2) is 4.67 Å². The van der Waals surface area contributed by atoms with Crippen LogP contribution in [-0.4, -0.2) is 37.6 Å². The van der Waals surface area contributed by atoms with Gasteiger partial charge in [0.1, 0.15) is 0 Å². The molecule has 0 aromatic heterocycles. The Kier molecular flexibility index (Phi) is 5.61. The van der Waals surface area contributed by atoms with Gasteiger partial charge in [-0.3, -0.25) is 0 Å². The number of nitriles is 1. The van der Waals surface area contributed by atoms with Crippen molar-refractivity contribution < 1.29 is 9.26 Å². The lowest BCUT2D eigenvalue weighted by atomic mass is 10.5. The highest BCUT2D eigenvalue weighted by molar-refractivity contribution is 7.78. The number of rotatable bonds is 4. The first-order chi connectivity index (χ1) is 6.34. The van der Waals surface area contributed by atoms with Crippen LogP contribution in [0.4, 0.5) is 0 Å². The summed E-state index contributed by atoms with van der Waals surface area (Å²) in [5, 5.41) is 8.29. The van der Waals surface area contributed by atoms with Crippen LogP contribution in [0.25, 0.3) is 0 Å². The van der Waals surface area contributed by atoms with E-state index >= 15 is 0 Å². The van der Waals surface area contributed by atoms with E-state index in [2.05, 4.69) is 4.67 Å². The quantitative estimate of drug-likeness (QED) is 0.537. The van der Waals surface area contributed by atoms with Crippen LogP contribution >= 0.6 is 18.9 Å². The zero-order chi connectivity index (χ0) is 9.52. The second-order valence-corrected chi connectivity index (χ2v) is 4.68. The maximum atomic E-state index is 8.29. The van der Waals surface area contributed by atoms with Crippen molar-refractivity contribution in [2.75, 3.05) is 32.9 Å². The number of ether oxygens (including phenoxy) is 1. The SMILES string of the molecule is N#CCCOP(Cl)N1CCOCC1. The molecule has 1 fully saturated rings. The van der Waals surface area contributed by atoms with Gasteiger partial charge in [-0.05, 0) is 11.2 Å². The average Bonchev–Trinajstić information content (AvgIpc) is 2.19. The molecule has 13 heavy (non-hydrogen) atoms. The molecule has 1 saturated heterocycles. The van der Waals surface area contributed by atoms with Gasteiger partial charge < -0.3 is 9.26 Å². The van der Waals surface area contributed by atoms with Crippen molar-refractivity contribution in [1.29, 1.82) is 5.26 Å². The fourth-order valence-electron chi connectivity index (χ4n) is 0.959. The van der Waals surface area contributed by atoms with Crippen molar-refractivity contribution in [3.8, 4) is 6.07 Å². The third kappa shape index (κ3) is 4.21. The fourth-order valence-corrected chi connectivity index (χ4v) is 2.50. The van der Waals surface area contributed by atoms with E-state index < -0.39 is 7.65 Å². The first kappa shape index (κ1) is 11.2. The highest BCUT2D eigenvalue weighted by Crippen LogP contribution is 2.46. The lowest BCUT2D eigenvalue weighted by molar-refractivity contribution is 0.0710. The van der Waals surface area contributed by atoms with Crippen molar-refractivity contribution >= 4 is 18.9 Å². The molecule has 0 saturated carbocycles. The molecule has 0 spiro atoms. The van der Waals surface area contributed by atoms with Gasteiger partial charge in [-0.1, -0.05) is 0 Å². The monoisotopic (exact) mass is 222 g/mol. The Morgan fingerprint density at radius 3 is 2.85 bits per heavy atom. The average molecular weight is 223 g/mol. The van der Waals surface area contributed by atoms with Gasteiger partial charge in [0.2, 0.25) is 7.65 Å². The third-order valence-corrected chi connectivity index (χ3v) is 3.80. The van der Waals surface area contributed by atoms with Crippen molar-refractivity contribution in [3.05, 3.63) is 0 Å². The Hall–Kier alpha value is 0.0900. The van der Waals surface area contributed by atoms with Crippen LogP contribution < -0.4 is 0 Å². The van der Waals surface area contributed by atoms with Crippen molar-refractivity contribution in [2.45, 2.75) is 6.42 Å². The second kappa shape index (κ2) is 6.53. The summed E-state index contributed by atoms with van der Waals surface area (Å²) in [7, 11) is -1.04. The Labute approximate surface area is 84.0 Å². The third-order valence-electron chi connectivity index (χ3n) is 1.62. The maximum absolute atomic E-state index is 8.29. The van der Waals surface area contributed by atoms with Gasteiger partial charge in [-0.2, -0.15) is 5.26 Å². The minimum absolute atomic E-state index is 0.399. The molecule has 0 radical (unpaired) electrons. The van der Waals surface area contributed by atoms with Crippen LogP contribution in [0.1, 0.15) is 6.42 Å². The zero-order valence-electron chi connectivity index (χ0n) is 7.28. The lowest BCUT2D eigenvalue weighted by Crippen LogP contribution is -2.31. The minimum Gasteiger partial charge on any atom is -0.379 e. The molecular weight excluding hydrogens is 211 g/mol. The molecule has 4 nitrogen and oxygen atoms in total. The molecule has 1 heterocycles. The van der Waals surface area contributed by atoms with Crippen LogP contribution in [0, 0.1) is 11.3 Å².